The maximum Gasteiger partial charge on any atom is 0.243 e. The van der Waals surface area contributed by atoms with E-state index in [1.807, 2.05) is 0 Å². The van der Waals surface area contributed by atoms with E-state index in [4.69, 9.17) is 28.4 Å². The molecule has 1 aromatic rings. The lowest BCUT2D eigenvalue weighted by molar-refractivity contribution is -0.129. The number of carbonyl (C=O) groups excluding carboxylic acids is 2. The van der Waals surface area contributed by atoms with Gasteiger partial charge in [0.25, 0.3) is 0 Å². The average Bonchev–Trinajstić information content (AvgIpc) is 2.46. The summed E-state index contributed by atoms with van der Waals surface area (Å²) in [5, 5.41) is 12.3. The summed E-state index contributed by atoms with van der Waals surface area (Å²) < 4.78 is 0. The second-order valence-corrected chi connectivity index (χ2v) is 6.02. The number of hydrogen-bond acceptors (Lipinski definition) is 4. The predicted molar refractivity (Wildman–Crippen MR) is 89.8 cm³/mol. The average molecular weight is 365 g/mol. The maximum atomic E-state index is 12.0. The lowest BCUT2D eigenvalue weighted by Crippen LogP contribution is -2.28. The zero-order valence-corrected chi connectivity index (χ0v) is 14.2. The number of thiol groups is 1. The van der Waals surface area contributed by atoms with E-state index in [2.05, 4.69) is 17.9 Å². The van der Waals surface area contributed by atoms with Gasteiger partial charge in [0.15, 0.2) is 0 Å². The standard InChI is InChI=1S/C14H18Cl2N2O3S/c15-10-2-3-11(12(16)8-10)9(7-14(20)18-21)6-13(19)17-4-1-5-22/h2-3,8-9,21-22H,1,4-7H2,(H,17,19)(H,18,20)/t9-/m0/s1. The predicted octanol–water partition coefficient (Wildman–Crippen LogP) is 2.80. The number of hydrogen-bond donors (Lipinski definition) is 4. The van der Waals surface area contributed by atoms with E-state index in [0.717, 1.165) is 6.42 Å². The van der Waals surface area contributed by atoms with Crippen LogP contribution in [-0.2, 0) is 9.59 Å². The molecule has 0 bridgehead atoms. The van der Waals surface area contributed by atoms with Gasteiger partial charge in [-0.3, -0.25) is 14.8 Å². The van der Waals surface area contributed by atoms with Crippen LogP contribution in [0.3, 0.4) is 0 Å². The third kappa shape index (κ3) is 6.44. The topological polar surface area (TPSA) is 78.4 Å². The summed E-state index contributed by atoms with van der Waals surface area (Å²) in [5.74, 6) is -0.546. The number of rotatable bonds is 8. The Kier molecular flexibility index (Phi) is 8.63. The van der Waals surface area contributed by atoms with E-state index < -0.39 is 11.8 Å². The fourth-order valence-corrected chi connectivity index (χ4v) is 2.72. The number of hydroxylamine groups is 1. The molecule has 1 aromatic carbocycles. The highest BCUT2D eigenvalue weighted by atomic mass is 35.5. The number of halogens is 2. The number of nitrogens with one attached hydrogen (secondary N) is 2. The summed E-state index contributed by atoms with van der Waals surface area (Å²) >= 11 is 16.1. The van der Waals surface area contributed by atoms with E-state index in [1.54, 1.807) is 23.7 Å². The Morgan fingerprint density at radius 3 is 2.50 bits per heavy atom. The molecule has 0 radical (unpaired) electrons. The molecule has 1 atom stereocenters. The monoisotopic (exact) mass is 364 g/mol. The molecule has 5 nitrogen and oxygen atoms in total. The first-order chi connectivity index (χ1) is 10.5. The molecule has 3 N–H and O–H groups in total. The molecule has 0 aliphatic rings. The van der Waals surface area contributed by atoms with Crippen molar-refractivity contribution in [1.82, 2.24) is 10.8 Å². The number of carbonyl (C=O) groups is 2. The lowest BCUT2D eigenvalue weighted by Gasteiger charge is -2.17. The molecule has 0 aliphatic heterocycles. The molecule has 122 valence electrons. The van der Waals surface area contributed by atoms with Gasteiger partial charge in [-0.05, 0) is 29.9 Å². The van der Waals surface area contributed by atoms with Crippen molar-refractivity contribution in [1.29, 1.82) is 0 Å². The van der Waals surface area contributed by atoms with Gasteiger partial charge in [-0.25, -0.2) is 5.48 Å². The van der Waals surface area contributed by atoms with Gasteiger partial charge in [-0.2, -0.15) is 12.6 Å². The molecule has 2 amide bonds. The van der Waals surface area contributed by atoms with E-state index in [0.29, 0.717) is 27.9 Å². The zero-order chi connectivity index (χ0) is 16.5. The maximum absolute atomic E-state index is 12.0. The molecule has 0 aromatic heterocycles. The molecule has 22 heavy (non-hydrogen) atoms. The second kappa shape index (κ2) is 9.94. The van der Waals surface area contributed by atoms with Crippen LogP contribution >= 0.6 is 35.8 Å². The minimum absolute atomic E-state index is 0.0577. The van der Waals surface area contributed by atoms with Crippen molar-refractivity contribution in [2.24, 2.45) is 0 Å². The molecule has 8 heteroatoms. The first kappa shape index (κ1) is 19.1. The minimum Gasteiger partial charge on any atom is -0.356 e. The van der Waals surface area contributed by atoms with Crippen molar-refractivity contribution in [3.63, 3.8) is 0 Å². The summed E-state index contributed by atoms with van der Waals surface area (Å²) in [6, 6.07) is 4.88. The Hall–Kier alpha value is -0.950. The SMILES string of the molecule is O=C(C[C@H](CC(=O)NCCCS)c1ccc(Cl)cc1Cl)NO. The molecule has 0 aliphatic carbocycles. The third-order valence-corrected chi connectivity index (χ3v) is 3.93. The van der Waals surface area contributed by atoms with Crippen molar-refractivity contribution < 1.29 is 14.8 Å². The Morgan fingerprint density at radius 1 is 1.23 bits per heavy atom. The van der Waals surface area contributed by atoms with E-state index in [1.165, 1.54) is 0 Å². The Bertz CT molecular complexity index is 529. The van der Waals surface area contributed by atoms with Crippen molar-refractivity contribution in [3.05, 3.63) is 33.8 Å². The van der Waals surface area contributed by atoms with E-state index >= 15 is 0 Å². The van der Waals surface area contributed by atoms with Gasteiger partial charge in [-0.1, -0.05) is 29.3 Å². The van der Waals surface area contributed by atoms with Gasteiger partial charge in [0.2, 0.25) is 11.8 Å². The minimum atomic E-state index is -0.584. The van der Waals surface area contributed by atoms with Crippen molar-refractivity contribution >= 4 is 47.6 Å². The summed E-state index contributed by atoms with van der Waals surface area (Å²) in [5.41, 5.74) is 2.21. The van der Waals surface area contributed by atoms with Crippen LogP contribution in [0.2, 0.25) is 10.0 Å². The van der Waals surface area contributed by atoms with Gasteiger partial charge in [0, 0.05) is 35.3 Å². The summed E-state index contributed by atoms with van der Waals surface area (Å²) in [6.45, 7) is 0.523. The molecule has 0 saturated heterocycles. The molecule has 0 spiro atoms. The van der Waals surface area contributed by atoms with Crippen LogP contribution in [0.5, 0.6) is 0 Å². The largest absolute Gasteiger partial charge is 0.356 e. The molecular weight excluding hydrogens is 347 g/mol. The normalized spacial score (nSPS) is 11.8. The molecule has 0 unspecified atom stereocenters. The smallest absolute Gasteiger partial charge is 0.243 e. The lowest BCUT2D eigenvalue weighted by atomic mass is 9.91. The van der Waals surface area contributed by atoms with Crippen LogP contribution in [0.25, 0.3) is 0 Å². The molecule has 1 rings (SSSR count). The fourth-order valence-electron chi connectivity index (χ4n) is 2.00. The third-order valence-electron chi connectivity index (χ3n) is 3.05. The first-order valence-corrected chi connectivity index (χ1v) is 8.12. The quantitative estimate of drug-likeness (QED) is 0.248. The second-order valence-electron chi connectivity index (χ2n) is 4.73. The van der Waals surface area contributed by atoms with E-state index in [9.17, 15) is 9.59 Å². The van der Waals surface area contributed by atoms with Crippen molar-refractivity contribution in [3.8, 4) is 0 Å². The molecule has 0 heterocycles. The van der Waals surface area contributed by atoms with Gasteiger partial charge >= 0.3 is 0 Å². The van der Waals surface area contributed by atoms with Gasteiger partial charge in [-0.15, -0.1) is 0 Å². The summed E-state index contributed by atoms with van der Waals surface area (Å²) in [6.07, 6.45) is 0.789. The van der Waals surface area contributed by atoms with Crippen LogP contribution in [0.15, 0.2) is 18.2 Å². The number of amides is 2. The summed E-state index contributed by atoms with van der Waals surface area (Å²) in [4.78, 5) is 23.4. The Morgan fingerprint density at radius 2 is 1.91 bits per heavy atom. The first-order valence-electron chi connectivity index (χ1n) is 6.73. The molecule has 0 saturated carbocycles. The van der Waals surface area contributed by atoms with Crippen LogP contribution in [0, 0.1) is 0 Å². The Balaban J connectivity index is 2.83. The Labute approximate surface area is 144 Å². The number of benzene rings is 1. The molecule has 0 fully saturated rings. The van der Waals surface area contributed by atoms with Gasteiger partial charge in [0.05, 0.1) is 0 Å². The van der Waals surface area contributed by atoms with Crippen LogP contribution in [0.4, 0.5) is 0 Å². The van der Waals surface area contributed by atoms with Crippen LogP contribution < -0.4 is 10.8 Å². The summed E-state index contributed by atoms with van der Waals surface area (Å²) in [7, 11) is 0. The highest BCUT2D eigenvalue weighted by molar-refractivity contribution is 7.80. The zero-order valence-electron chi connectivity index (χ0n) is 11.8. The molecular formula is C14H18Cl2N2O3S. The highest BCUT2D eigenvalue weighted by Gasteiger charge is 2.21. The van der Waals surface area contributed by atoms with E-state index in [-0.39, 0.29) is 18.7 Å². The van der Waals surface area contributed by atoms with Crippen LogP contribution in [-0.4, -0.2) is 29.3 Å². The van der Waals surface area contributed by atoms with Gasteiger partial charge in [0.1, 0.15) is 0 Å². The van der Waals surface area contributed by atoms with Crippen molar-refractivity contribution in [2.75, 3.05) is 12.3 Å². The fraction of sp³-hybridized carbons (Fsp3) is 0.429. The van der Waals surface area contributed by atoms with Crippen LogP contribution in [0.1, 0.15) is 30.7 Å². The van der Waals surface area contributed by atoms with Gasteiger partial charge < -0.3 is 5.32 Å². The van der Waals surface area contributed by atoms with Crippen molar-refractivity contribution in [2.45, 2.75) is 25.2 Å². The highest BCUT2D eigenvalue weighted by Crippen LogP contribution is 2.31.